The second-order valence-electron chi connectivity index (χ2n) is 5.62. The van der Waals surface area contributed by atoms with Gasteiger partial charge in [-0.1, -0.05) is 12.8 Å². The van der Waals surface area contributed by atoms with Crippen molar-refractivity contribution in [2.45, 2.75) is 37.8 Å². The Morgan fingerprint density at radius 3 is 1.79 bits per heavy atom. The second-order valence-corrected chi connectivity index (χ2v) is 5.62. The molecule has 0 spiro atoms. The lowest BCUT2D eigenvalue weighted by Crippen LogP contribution is -2.56. The molecule has 0 radical (unpaired) electrons. The van der Waals surface area contributed by atoms with Crippen LogP contribution >= 0.6 is 0 Å². The Labute approximate surface area is 138 Å². The molecule has 0 amide bonds. The topological polar surface area (TPSA) is 148 Å². The zero-order chi connectivity index (χ0) is 18.3. The Kier molecular flexibility index (Phi) is 7.46. The Morgan fingerprint density at radius 1 is 0.917 bits per heavy atom. The first-order valence-electron chi connectivity index (χ1n) is 7.42. The number of carboxylic acids is 3. The second kappa shape index (κ2) is 9.08. The Bertz CT molecular complexity index is 479. The normalized spacial score (nSPS) is 20.4. The fourth-order valence-corrected chi connectivity index (χ4v) is 3.11. The van der Waals surface area contributed by atoms with E-state index in [1.165, 1.54) is 9.80 Å². The van der Waals surface area contributed by atoms with Gasteiger partial charge in [0, 0.05) is 12.1 Å². The molecule has 0 aromatic heterocycles. The minimum atomic E-state index is -1.18. The lowest BCUT2D eigenvalue weighted by atomic mass is 9.87. The fourth-order valence-electron chi connectivity index (χ4n) is 3.11. The standard InChI is InChI=1S/C14H22N2O8/c1-9(24-23)16(8-14(21)22)11-5-3-2-4-10(11)15(6-12(17)18)7-13(19)20/h10-11,23H,1-8H2,(H,17,18)(H,19,20)(H,21,22). The van der Waals surface area contributed by atoms with Crippen molar-refractivity contribution >= 4 is 17.9 Å². The van der Waals surface area contributed by atoms with Crippen molar-refractivity contribution in [3.8, 4) is 0 Å². The van der Waals surface area contributed by atoms with E-state index in [2.05, 4.69) is 11.5 Å². The first-order valence-corrected chi connectivity index (χ1v) is 7.42. The van der Waals surface area contributed by atoms with Gasteiger partial charge in [0.1, 0.15) is 6.54 Å². The molecule has 1 rings (SSSR count). The average molecular weight is 346 g/mol. The smallest absolute Gasteiger partial charge is 0.323 e. The van der Waals surface area contributed by atoms with E-state index in [9.17, 15) is 14.4 Å². The molecule has 10 heteroatoms. The van der Waals surface area contributed by atoms with Gasteiger partial charge in [0.25, 0.3) is 0 Å². The SMILES string of the molecule is C=C(OO)N(CC(=O)O)C1CCCCC1N(CC(=O)O)CC(=O)O. The molecule has 2 atom stereocenters. The molecule has 1 aliphatic rings. The molecule has 0 aliphatic heterocycles. The molecule has 2 unspecified atom stereocenters. The van der Waals surface area contributed by atoms with Gasteiger partial charge in [0.2, 0.25) is 5.88 Å². The van der Waals surface area contributed by atoms with Gasteiger partial charge in [-0.3, -0.25) is 19.3 Å². The first-order chi connectivity index (χ1) is 11.3. The number of rotatable bonds is 10. The van der Waals surface area contributed by atoms with Gasteiger partial charge >= 0.3 is 17.9 Å². The van der Waals surface area contributed by atoms with E-state index in [4.69, 9.17) is 20.6 Å². The Morgan fingerprint density at radius 2 is 1.38 bits per heavy atom. The number of nitrogens with zero attached hydrogens (tertiary/aromatic N) is 2. The highest BCUT2D eigenvalue weighted by Crippen LogP contribution is 2.29. The third kappa shape index (κ3) is 5.70. The average Bonchev–Trinajstić information content (AvgIpc) is 2.50. The summed E-state index contributed by atoms with van der Waals surface area (Å²) in [5.74, 6) is -3.81. The molecule has 0 saturated heterocycles. The summed E-state index contributed by atoms with van der Waals surface area (Å²) < 4.78 is 0. The lowest BCUT2D eigenvalue weighted by molar-refractivity contribution is -0.229. The van der Waals surface area contributed by atoms with E-state index in [0.29, 0.717) is 12.8 Å². The van der Waals surface area contributed by atoms with Crippen molar-refractivity contribution in [3.63, 3.8) is 0 Å². The molecular formula is C14H22N2O8. The molecule has 0 aromatic carbocycles. The molecule has 0 bridgehead atoms. The van der Waals surface area contributed by atoms with Crippen LogP contribution in [0.15, 0.2) is 12.5 Å². The van der Waals surface area contributed by atoms with E-state index in [1.54, 1.807) is 0 Å². The summed E-state index contributed by atoms with van der Waals surface area (Å²) in [5.41, 5.74) is 0. The quantitative estimate of drug-likeness (QED) is 0.244. The van der Waals surface area contributed by atoms with E-state index >= 15 is 0 Å². The predicted molar refractivity (Wildman–Crippen MR) is 80.1 cm³/mol. The molecule has 0 aromatic rings. The van der Waals surface area contributed by atoms with Crippen LogP contribution in [0.2, 0.25) is 0 Å². The Hall–Kier alpha value is -2.33. The van der Waals surface area contributed by atoms with Crippen molar-refractivity contribution in [3.05, 3.63) is 12.5 Å². The number of hydrogen-bond acceptors (Lipinski definition) is 7. The van der Waals surface area contributed by atoms with Crippen LogP contribution in [-0.4, -0.2) is 80.0 Å². The summed E-state index contributed by atoms with van der Waals surface area (Å²) in [4.78, 5) is 39.8. The van der Waals surface area contributed by atoms with Gasteiger partial charge in [-0.2, -0.15) is 0 Å². The number of carbonyl (C=O) groups is 3. The van der Waals surface area contributed by atoms with Crippen LogP contribution in [0.5, 0.6) is 0 Å². The summed E-state index contributed by atoms with van der Waals surface area (Å²) in [5, 5.41) is 35.9. The van der Waals surface area contributed by atoms with Crippen LogP contribution in [0.1, 0.15) is 25.7 Å². The summed E-state index contributed by atoms with van der Waals surface area (Å²) in [6, 6.07) is -1.05. The van der Waals surface area contributed by atoms with E-state index < -0.39 is 49.6 Å². The largest absolute Gasteiger partial charge is 0.480 e. The van der Waals surface area contributed by atoms with Gasteiger partial charge in [0.05, 0.1) is 13.1 Å². The van der Waals surface area contributed by atoms with Crippen LogP contribution in [0.4, 0.5) is 0 Å². The van der Waals surface area contributed by atoms with Crippen molar-refractivity contribution in [1.82, 2.24) is 9.80 Å². The lowest BCUT2D eigenvalue weighted by Gasteiger charge is -2.44. The molecule has 4 N–H and O–H groups in total. The number of carboxylic acid groups (broad SMARTS) is 3. The summed E-state index contributed by atoms with van der Waals surface area (Å²) in [7, 11) is 0. The van der Waals surface area contributed by atoms with E-state index in [0.717, 1.165) is 12.8 Å². The van der Waals surface area contributed by atoms with Crippen LogP contribution in [0, 0.1) is 0 Å². The summed E-state index contributed by atoms with van der Waals surface area (Å²) in [6.45, 7) is 1.98. The zero-order valence-electron chi connectivity index (χ0n) is 13.1. The van der Waals surface area contributed by atoms with E-state index in [-0.39, 0.29) is 5.88 Å². The highest BCUT2D eigenvalue weighted by molar-refractivity contribution is 5.72. The fraction of sp³-hybridized carbons (Fsp3) is 0.643. The van der Waals surface area contributed by atoms with Crippen molar-refractivity contribution in [1.29, 1.82) is 0 Å². The summed E-state index contributed by atoms with van der Waals surface area (Å²) >= 11 is 0. The Balaban J connectivity index is 3.08. The molecule has 10 nitrogen and oxygen atoms in total. The molecule has 1 saturated carbocycles. The zero-order valence-corrected chi connectivity index (χ0v) is 13.1. The monoisotopic (exact) mass is 346 g/mol. The van der Waals surface area contributed by atoms with Crippen LogP contribution < -0.4 is 0 Å². The predicted octanol–water partition coefficient (Wildman–Crippen LogP) is 0.116. The maximum absolute atomic E-state index is 11.1. The van der Waals surface area contributed by atoms with E-state index in [1.807, 2.05) is 0 Å². The molecule has 1 aliphatic carbocycles. The molecular weight excluding hydrogens is 324 g/mol. The van der Waals surface area contributed by atoms with Gasteiger partial charge in [0.15, 0.2) is 0 Å². The highest BCUT2D eigenvalue weighted by Gasteiger charge is 2.37. The van der Waals surface area contributed by atoms with Gasteiger partial charge in [-0.05, 0) is 19.4 Å². The third-order valence-corrected chi connectivity index (χ3v) is 3.97. The van der Waals surface area contributed by atoms with Crippen LogP contribution in [0.3, 0.4) is 0 Å². The molecule has 24 heavy (non-hydrogen) atoms. The van der Waals surface area contributed by atoms with Crippen molar-refractivity contribution < 1.29 is 39.8 Å². The molecule has 136 valence electrons. The van der Waals surface area contributed by atoms with Crippen LogP contribution in [-0.2, 0) is 19.3 Å². The van der Waals surface area contributed by atoms with Gasteiger partial charge in [-0.25, -0.2) is 5.26 Å². The van der Waals surface area contributed by atoms with Gasteiger partial charge < -0.3 is 25.1 Å². The maximum Gasteiger partial charge on any atom is 0.323 e. The van der Waals surface area contributed by atoms with Crippen molar-refractivity contribution in [2.24, 2.45) is 0 Å². The van der Waals surface area contributed by atoms with Gasteiger partial charge in [-0.15, -0.1) is 0 Å². The van der Waals surface area contributed by atoms with Crippen LogP contribution in [0.25, 0.3) is 0 Å². The highest BCUT2D eigenvalue weighted by atomic mass is 17.1. The summed E-state index contributed by atoms with van der Waals surface area (Å²) in [6.07, 6.45) is 2.50. The number of hydrogen-bond donors (Lipinski definition) is 4. The first kappa shape index (κ1) is 19.7. The minimum Gasteiger partial charge on any atom is -0.480 e. The third-order valence-electron chi connectivity index (χ3n) is 3.97. The number of aliphatic carboxylic acids is 3. The maximum atomic E-state index is 11.1. The molecule has 0 heterocycles. The minimum absolute atomic E-state index is 0.278. The van der Waals surface area contributed by atoms with Crippen molar-refractivity contribution in [2.75, 3.05) is 19.6 Å². The molecule has 1 fully saturated rings.